The average Bonchev–Trinajstić information content (AvgIpc) is 2.27. The lowest BCUT2D eigenvalue weighted by atomic mass is 10.4. The normalized spacial score (nSPS) is 16.4. The minimum Gasteiger partial charge on any atom is -0.351 e. The zero-order valence-corrected chi connectivity index (χ0v) is 28.0. The quantitative estimate of drug-likeness (QED) is 0.224. The van der Waals surface area contributed by atoms with Gasteiger partial charge in [0.1, 0.15) is 30.5 Å². The number of nitrogens with zero attached hydrogens (tertiary/aromatic N) is 1. The molecule has 0 saturated carbocycles. The van der Waals surface area contributed by atoms with Crippen LogP contribution in [-0.4, -0.2) is 57.9 Å². The van der Waals surface area contributed by atoms with Crippen molar-refractivity contribution in [3.63, 3.8) is 0 Å². The maximum Gasteiger partial charge on any atom is 0.327 e. The third kappa shape index (κ3) is 12.7. The van der Waals surface area contributed by atoms with Gasteiger partial charge in [0, 0.05) is 0 Å². The highest BCUT2D eigenvalue weighted by Gasteiger charge is 2.45. The van der Waals surface area contributed by atoms with E-state index in [0.717, 1.165) is 13.0 Å². The van der Waals surface area contributed by atoms with E-state index in [4.69, 9.17) is 8.43 Å². The molecule has 0 amide bonds. The van der Waals surface area contributed by atoms with Gasteiger partial charge in [-0.3, -0.25) is 4.57 Å². The summed E-state index contributed by atoms with van der Waals surface area (Å²) in [5.74, 6) is -0.234. The van der Waals surface area contributed by atoms with Gasteiger partial charge in [0.25, 0.3) is 0 Å². The first-order chi connectivity index (χ1) is 12.4. The molecule has 0 aromatic rings. The first kappa shape index (κ1) is 30.2. The van der Waals surface area contributed by atoms with Gasteiger partial charge < -0.3 is 17.6 Å². The van der Waals surface area contributed by atoms with Crippen LogP contribution in [0.25, 0.3) is 0 Å². The van der Waals surface area contributed by atoms with Gasteiger partial charge in [-0.15, -0.1) is 0 Å². The Balaban J connectivity index is 6.07. The molecule has 0 rings (SSSR count). The maximum atomic E-state index is 14.3. The van der Waals surface area contributed by atoms with Crippen LogP contribution in [0.15, 0.2) is 0 Å². The summed E-state index contributed by atoms with van der Waals surface area (Å²) < 4.78 is 29.9. The van der Waals surface area contributed by atoms with Crippen molar-refractivity contribution in [3.8, 4) is 0 Å². The van der Waals surface area contributed by atoms with Crippen LogP contribution in [-0.2, 0) is 13.0 Å². The highest BCUT2D eigenvalue weighted by atomic mass is 31.2. The van der Waals surface area contributed by atoms with E-state index in [9.17, 15) is 4.57 Å². The van der Waals surface area contributed by atoms with E-state index < -0.39 is 48.9 Å². The summed E-state index contributed by atoms with van der Waals surface area (Å²) in [5, 5.41) is 0. The predicted molar refractivity (Wildman–Crippen MR) is 145 cm³/mol. The fourth-order valence-corrected chi connectivity index (χ4v) is 24.3. The fraction of sp³-hybridized carbons (Fsp3) is 1.00. The Morgan fingerprint density at radius 1 is 0.724 bits per heavy atom. The molecule has 11 heteroatoms. The van der Waals surface area contributed by atoms with E-state index in [-0.39, 0.29) is 5.78 Å². The van der Waals surface area contributed by atoms with E-state index >= 15 is 0 Å². The summed E-state index contributed by atoms with van der Waals surface area (Å²) in [6.45, 7) is 34.9. The van der Waals surface area contributed by atoms with E-state index in [2.05, 4.69) is 107 Å². The molecule has 0 aliphatic heterocycles. The van der Waals surface area contributed by atoms with Crippen molar-refractivity contribution in [2.45, 2.75) is 110 Å². The second-order valence-electron chi connectivity index (χ2n) is 13.1. The summed E-state index contributed by atoms with van der Waals surface area (Å²) >= 11 is 0. The number of nitrogens with one attached hydrogen (secondary N) is 1. The number of hydrogen-bond acceptors (Lipinski definition) is 5. The van der Waals surface area contributed by atoms with Crippen molar-refractivity contribution in [3.05, 3.63) is 0 Å². The summed E-state index contributed by atoms with van der Waals surface area (Å²) in [4.78, 5) is 3.77. The molecule has 1 unspecified atom stereocenters. The molecule has 0 aromatic heterocycles. The van der Waals surface area contributed by atoms with Gasteiger partial charge in [0.05, 0.1) is 0 Å². The standard InChI is InChI=1S/C18H51N2O3PSi5/c1-25(2,3)19-18(16-17-20(26(4,5)6)27(7,8)9)24(21,22-28(10,11)12)23-29(13,14)15/h18-19H,16-17H2,1-15H3. The Hall–Kier alpha value is 1.15. The third-order valence-electron chi connectivity index (χ3n) is 4.03. The van der Waals surface area contributed by atoms with Gasteiger partial charge in [-0.05, 0) is 52.2 Å². The van der Waals surface area contributed by atoms with E-state index in [1.165, 1.54) is 0 Å². The molecule has 5 nitrogen and oxygen atoms in total. The maximum absolute atomic E-state index is 14.3. The minimum absolute atomic E-state index is 0.234. The number of hydrogen-bond donors (Lipinski definition) is 1. The van der Waals surface area contributed by atoms with Crippen molar-refractivity contribution in [1.29, 1.82) is 0 Å². The molecule has 0 fully saturated rings. The van der Waals surface area contributed by atoms with Crippen molar-refractivity contribution in [2.75, 3.05) is 6.54 Å². The topological polar surface area (TPSA) is 50.8 Å². The molecule has 0 heterocycles. The Labute approximate surface area is 187 Å². The zero-order chi connectivity index (χ0) is 23.7. The Kier molecular flexibility index (Phi) is 10.4. The second-order valence-corrected chi connectivity index (χ2v) is 39.8. The van der Waals surface area contributed by atoms with Crippen LogP contribution in [0.1, 0.15) is 6.42 Å². The van der Waals surface area contributed by atoms with E-state index in [1.54, 1.807) is 0 Å². The molecular formula is C18H51N2O3PSi5. The molecule has 0 bridgehead atoms. The second kappa shape index (κ2) is 9.97. The summed E-state index contributed by atoms with van der Waals surface area (Å²) in [6, 6.07) is 0. The molecule has 0 aliphatic rings. The van der Waals surface area contributed by atoms with Crippen molar-refractivity contribution in [2.24, 2.45) is 0 Å². The molecule has 0 saturated heterocycles. The van der Waals surface area contributed by atoms with Gasteiger partial charge in [-0.1, -0.05) is 58.9 Å². The first-order valence-corrected chi connectivity index (χ1v) is 29.7. The summed E-state index contributed by atoms with van der Waals surface area (Å²) in [6.07, 6.45) is 0.811. The van der Waals surface area contributed by atoms with E-state index in [0.29, 0.717) is 0 Å². The molecule has 29 heavy (non-hydrogen) atoms. The molecule has 0 radical (unpaired) electrons. The Morgan fingerprint density at radius 2 is 1.07 bits per heavy atom. The first-order valence-electron chi connectivity index (χ1n) is 10.9. The van der Waals surface area contributed by atoms with Gasteiger partial charge in [-0.2, -0.15) is 0 Å². The van der Waals surface area contributed by atoms with Crippen molar-refractivity contribution in [1.82, 2.24) is 9.21 Å². The largest absolute Gasteiger partial charge is 0.351 e. The van der Waals surface area contributed by atoms with E-state index in [1.807, 2.05) is 0 Å². The van der Waals surface area contributed by atoms with Gasteiger partial charge >= 0.3 is 7.60 Å². The molecule has 176 valence electrons. The molecule has 1 N–H and O–H groups in total. The lowest BCUT2D eigenvalue weighted by molar-refractivity contribution is 0.356. The van der Waals surface area contributed by atoms with Crippen LogP contribution in [0, 0.1) is 0 Å². The van der Waals surface area contributed by atoms with Crippen LogP contribution in [0.4, 0.5) is 0 Å². The summed E-state index contributed by atoms with van der Waals surface area (Å²) in [7, 11) is -12.0. The molecule has 1 atom stereocenters. The minimum atomic E-state index is -3.28. The highest BCUT2D eigenvalue weighted by molar-refractivity contribution is 7.57. The SMILES string of the molecule is C[Si](C)(C)NC(CCN([Si](C)(C)C)[Si](C)(C)C)P(=O)(O[Si](C)(C)C)O[Si](C)(C)C. The van der Waals surface area contributed by atoms with Crippen LogP contribution in [0.2, 0.25) is 98.2 Å². The van der Waals surface area contributed by atoms with Gasteiger partial charge in [0.2, 0.25) is 0 Å². The fourth-order valence-electron chi connectivity index (χ4n) is 3.65. The highest BCUT2D eigenvalue weighted by Crippen LogP contribution is 2.57. The monoisotopic (exact) mass is 514 g/mol. The zero-order valence-electron chi connectivity index (χ0n) is 22.1. The Morgan fingerprint density at radius 3 is 1.31 bits per heavy atom. The van der Waals surface area contributed by atoms with Crippen LogP contribution in [0.3, 0.4) is 0 Å². The average molecular weight is 515 g/mol. The van der Waals surface area contributed by atoms with Crippen LogP contribution < -0.4 is 4.98 Å². The Bertz CT molecular complexity index is 538. The predicted octanol–water partition coefficient (Wildman–Crippen LogP) is 7.00. The molecule has 0 spiro atoms. The lowest BCUT2D eigenvalue weighted by Gasteiger charge is -2.45. The summed E-state index contributed by atoms with van der Waals surface area (Å²) in [5.41, 5.74) is 0. The van der Waals surface area contributed by atoms with Gasteiger partial charge in [0.15, 0.2) is 16.6 Å². The van der Waals surface area contributed by atoms with Crippen molar-refractivity contribution < 1.29 is 13.0 Å². The number of rotatable bonds is 12. The molecule has 0 aromatic carbocycles. The lowest BCUT2D eigenvalue weighted by Crippen LogP contribution is -2.60. The molecular weight excluding hydrogens is 464 g/mol. The third-order valence-corrected chi connectivity index (χ3v) is 20.8. The van der Waals surface area contributed by atoms with Crippen LogP contribution >= 0.6 is 7.60 Å². The smallest absolute Gasteiger partial charge is 0.327 e. The van der Waals surface area contributed by atoms with Crippen LogP contribution in [0.5, 0.6) is 0 Å². The molecule has 0 aliphatic carbocycles. The van der Waals surface area contributed by atoms with Gasteiger partial charge in [-0.25, -0.2) is 0 Å². The van der Waals surface area contributed by atoms with Crippen molar-refractivity contribution >= 4 is 48.9 Å².